The molecule has 0 radical (unpaired) electrons. The molecule has 9 heteroatoms. The van der Waals surface area contributed by atoms with E-state index in [1.165, 1.54) is 29.2 Å². The standard InChI is InChI=1S/C29H33ClFN3O4/c1-29(2,3)32-27(35)26(20-8-10-22(31)11-9-20)34(18-21-6-4-5-7-24(21)30)28(36)25-13-12-23(38-25)19-33-14-16-37-17-15-33/h4-13,26H,14-19H2,1-3H3,(H,32,35)/t26-/m1/s1. The molecule has 1 aromatic heterocycles. The van der Waals surface area contributed by atoms with Crippen LogP contribution in [0.3, 0.4) is 0 Å². The lowest BCUT2D eigenvalue weighted by atomic mass is 10.0. The van der Waals surface area contributed by atoms with Gasteiger partial charge >= 0.3 is 0 Å². The monoisotopic (exact) mass is 541 g/mol. The van der Waals surface area contributed by atoms with Crippen LogP contribution in [-0.2, 0) is 22.6 Å². The molecule has 3 aromatic rings. The molecule has 1 N–H and O–H groups in total. The van der Waals surface area contributed by atoms with E-state index < -0.39 is 29.2 Å². The summed E-state index contributed by atoms with van der Waals surface area (Å²) in [7, 11) is 0. The van der Waals surface area contributed by atoms with Crippen molar-refractivity contribution < 1.29 is 23.1 Å². The molecule has 0 unspecified atom stereocenters. The number of nitrogens with zero attached hydrogens (tertiary/aromatic N) is 2. The van der Waals surface area contributed by atoms with Gasteiger partial charge in [0.2, 0.25) is 5.91 Å². The van der Waals surface area contributed by atoms with Crippen LogP contribution in [0.5, 0.6) is 0 Å². The molecule has 0 aliphatic carbocycles. The highest BCUT2D eigenvalue weighted by molar-refractivity contribution is 6.31. The molecule has 1 atom stereocenters. The van der Waals surface area contributed by atoms with Crippen molar-refractivity contribution in [2.75, 3.05) is 26.3 Å². The van der Waals surface area contributed by atoms with Crippen LogP contribution in [0.2, 0.25) is 5.02 Å². The average Bonchev–Trinajstić information content (AvgIpc) is 3.33. The van der Waals surface area contributed by atoms with Gasteiger partial charge in [0.15, 0.2) is 5.76 Å². The van der Waals surface area contributed by atoms with E-state index in [1.54, 1.807) is 30.3 Å². The van der Waals surface area contributed by atoms with Gasteiger partial charge in [-0.25, -0.2) is 4.39 Å². The van der Waals surface area contributed by atoms with Gasteiger partial charge in [0.05, 0.1) is 19.8 Å². The molecular formula is C29H33ClFN3O4. The Bertz CT molecular complexity index is 1250. The maximum absolute atomic E-state index is 14.0. The van der Waals surface area contributed by atoms with Crippen LogP contribution in [0.15, 0.2) is 65.1 Å². The van der Waals surface area contributed by atoms with E-state index in [2.05, 4.69) is 10.2 Å². The fourth-order valence-electron chi connectivity index (χ4n) is 4.35. The van der Waals surface area contributed by atoms with E-state index in [-0.39, 0.29) is 12.3 Å². The number of nitrogens with one attached hydrogen (secondary N) is 1. The molecule has 1 aliphatic heterocycles. The highest BCUT2D eigenvalue weighted by Crippen LogP contribution is 2.29. The van der Waals surface area contributed by atoms with Crippen LogP contribution in [0.25, 0.3) is 0 Å². The molecule has 0 saturated carbocycles. The molecule has 0 bridgehead atoms. The number of amides is 2. The summed E-state index contributed by atoms with van der Waals surface area (Å²) in [6.07, 6.45) is 0. The minimum atomic E-state index is -1.06. The molecule has 1 aliphatic rings. The van der Waals surface area contributed by atoms with Crippen molar-refractivity contribution in [1.29, 1.82) is 0 Å². The van der Waals surface area contributed by atoms with Crippen LogP contribution >= 0.6 is 11.6 Å². The molecule has 0 spiro atoms. The molecular weight excluding hydrogens is 509 g/mol. The number of rotatable bonds is 8. The van der Waals surface area contributed by atoms with Crippen molar-refractivity contribution in [2.45, 2.75) is 45.4 Å². The van der Waals surface area contributed by atoms with Gasteiger partial charge in [-0.1, -0.05) is 41.9 Å². The molecule has 202 valence electrons. The first-order chi connectivity index (χ1) is 18.1. The Morgan fingerprint density at radius 3 is 2.39 bits per heavy atom. The largest absolute Gasteiger partial charge is 0.455 e. The molecule has 7 nitrogen and oxygen atoms in total. The molecule has 2 aromatic carbocycles. The Morgan fingerprint density at radius 1 is 1.05 bits per heavy atom. The Labute approximate surface area is 227 Å². The van der Waals surface area contributed by atoms with Crippen molar-refractivity contribution in [3.05, 3.63) is 94.2 Å². The van der Waals surface area contributed by atoms with Gasteiger partial charge in [-0.05, 0) is 62.2 Å². The number of ether oxygens (including phenoxy) is 1. The van der Waals surface area contributed by atoms with Gasteiger partial charge in [0.1, 0.15) is 17.6 Å². The average molecular weight is 542 g/mol. The normalized spacial score (nSPS) is 15.2. The quantitative estimate of drug-likeness (QED) is 0.424. The van der Waals surface area contributed by atoms with Crippen molar-refractivity contribution in [3.63, 3.8) is 0 Å². The summed E-state index contributed by atoms with van der Waals surface area (Å²) in [5.74, 6) is -0.561. The number of hydrogen-bond acceptors (Lipinski definition) is 5. The van der Waals surface area contributed by atoms with E-state index >= 15 is 0 Å². The molecule has 4 rings (SSSR count). The fraction of sp³-hybridized carbons (Fsp3) is 0.379. The minimum absolute atomic E-state index is 0.0393. The number of furan rings is 1. The summed E-state index contributed by atoms with van der Waals surface area (Å²) >= 11 is 6.46. The van der Waals surface area contributed by atoms with Gasteiger partial charge in [-0.2, -0.15) is 0 Å². The van der Waals surface area contributed by atoms with Gasteiger partial charge in [-0.15, -0.1) is 0 Å². The zero-order valence-corrected chi connectivity index (χ0v) is 22.6. The topological polar surface area (TPSA) is 75.0 Å². The lowest BCUT2D eigenvalue weighted by Crippen LogP contribution is -2.49. The zero-order valence-electron chi connectivity index (χ0n) is 21.9. The highest BCUT2D eigenvalue weighted by Gasteiger charge is 2.35. The van der Waals surface area contributed by atoms with E-state index in [0.29, 0.717) is 41.7 Å². The number of carbonyl (C=O) groups excluding carboxylic acids is 2. The van der Waals surface area contributed by atoms with Crippen LogP contribution in [0, 0.1) is 5.82 Å². The summed E-state index contributed by atoms with van der Waals surface area (Å²) in [6.45, 7) is 9.03. The number of benzene rings is 2. The first-order valence-electron chi connectivity index (χ1n) is 12.6. The lowest BCUT2D eigenvalue weighted by Gasteiger charge is -2.33. The maximum atomic E-state index is 14.0. The van der Waals surface area contributed by atoms with Crippen LogP contribution in [0.4, 0.5) is 4.39 Å². The van der Waals surface area contributed by atoms with E-state index in [9.17, 15) is 14.0 Å². The SMILES string of the molecule is CC(C)(C)NC(=O)[C@@H](c1ccc(F)cc1)N(Cc1ccccc1Cl)C(=O)c1ccc(CN2CCOCC2)o1. The summed E-state index contributed by atoms with van der Waals surface area (Å²) in [5.41, 5.74) is 0.566. The zero-order chi connectivity index (χ0) is 27.3. The van der Waals surface area contributed by atoms with Crippen LogP contribution < -0.4 is 5.32 Å². The summed E-state index contributed by atoms with van der Waals surface area (Å²) in [5, 5.41) is 3.43. The first kappa shape index (κ1) is 27.8. The Balaban J connectivity index is 1.71. The first-order valence-corrected chi connectivity index (χ1v) is 13.0. The molecule has 38 heavy (non-hydrogen) atoms. The summed E-state index contributed by atoms with van der Waals surface area (Å²) in [6, 6.07) is 15.1. The van der Waals surface area contributed by atoms with Gasteiger partial charge in [-0.3, -0.25) is 14.5 Å². The maximum Gasteiger partial charge on any atom is 0.290 e. The highest BCUT2D eigenvalue weighted by atomic mass is 35.5. The third-order valence-electron chi connectivity index (χ3n) is 6.16. The van der Waals surface area contributed by atoms with Crippen molar-refractivity contribution in [1.82, 2.24) is 15.1 Å². The van der Waals surface area contributed by atoms with Crippen LogP contribution in [-0.4, -0.2) is 53.5 Å². The number of morpholine rings is 1. The van der Waals surface area contributed by atoms with E-state index in [0.717, 1.165) is 13.1 Å². The minimum Gasteiger partial charge on any atom is -0.455 e. The third kappa shape index (κ3) is 7.22. The second kappa shape index (κ2) is 12.1. The van der Waals surface area contributed by atoms with E-state index in [1.807, 2.05) is 26.8 Å². The Morgan fingerprint density at radius 2 is 1.74 bits per heavy atom. The van der Waals surface area contributed by atoms with Gasteiger partial charge in [0, 0.05) is 30.2 Å². The summed E-state index contributed by atoms with van der Waals surface area (Å²) < 4.78 is 25.2. The molecule has 2 heterocycles. The fourth-order valence-corrected chi connectivity index (χ4v) is 4.54. The smallest absolute Gasteiger partial charge is 0.290 e. The van der Waals surface area contributed by atoms with Crippen molar-refractivity contribution in [2.24, 2.45) is 0 Å². The van der Waals surface area contributed by atoms with Crippen LogP contribution in [0.1, 0.15) is 54.3 Å². The predicted molar refractivity (Wildman–Crippen MR) is 143 cm³/mol. The molecule has 1 fully saturated rings. The predicted octanol–water partition coefficient (Wildman–Crippen LogP) is 5.20. The Hall–Kier alpha value is -3.20. The molecule has 1 saturated heterocycles. The Kier molecular flexibility index (Phi) is 8.87. The van der Waals surface area contributed by atoms with Crippen molar-refractivity contribution >= 4 is 23.4 Å². The van der Waals surface area contributed by atoms with Crippen molar-refractivity contribution in [3.8, 4) is 0 Å². The van der Waals surface area contributed by atoms with Gasteiger partial charge in [0.25, 0.3) is 5.91 Å². The van der Waals surface area contributed by atoms with Gasteiger partial charge < -0.3 is 19.4 Å². The van der Waals surface area contributed by atoms with E-state index in [4.69, 9.17) is 20.8 Å². The number of halogens is 2. The summed E-state index contributed by atoms with van der Waals surface area (Å²) in [4.78, 5) is 31.3. The molecule has 2 amide bonds. The number of hydrogen-bond donors (Lipinski definition) is 1. The number of carbonyl (C=O) groups is 2. The lowest BCUT2D eigenvalue weighted by molar-refractivity contribution is -0.127. The second-order valence-electron chi connectivity index (χ2n) is 10.4. The third-order valence-corrected chi connectivity index (χ3v) is 6.53. The second-order valence-corrected chi connectivity index (χ2v) is 10.8.